The fourth-order valence-corrected chi connectivity index (χ4v) is 5.52. The largest absolute Gasteiger partial charge is 0.353 e. The number of hydrogen-bond acceptors (Lipinski definition) is 5. The molecule has 0 radical (unpaired) electrons. The summed E-state index contributed by atoms with van der Waals surface area (Å²) in [7, 11) is 0. The van der Waals surface area contributed by atoms with E-state index in [0.717, 1.165) is 46.1 Å². The summed E-state index contributed by atoms with van der Waals surface area (Å²) in [6, 6.07) is 13.3. The van der Waals surface area contributed by atoms with Crippen LogP contribution < -0.4 is 10.6 Å². The van der Waals surface area contributed by atoms with Gasteiger partial charge in [0.05, 0.1) is 23.7 Å². The maximum atomic E-state index is 13.7. The first kappa shape index (κ1) is 23.7. The van der Waals surface area contributed by atoms with Crippen molar-refractivity contribution in [1.29, 1.82) is 0 Å². The molecule has 1 fully saturated rings. The van der Waals surface area contributed by atoms with Crippen molar-refractivity contribution >= 4 is 46.0 Å². The van der Waals surface area contributed by atoms with Crippen molar-refractivity contribution in [2.75, 3.05) is 5.32 Å². The molecule has 1 unspecified atom stereocenters. The molecule has 0 aromatic heterocycles. The summed E-state index contributed by atoms with van der Waals surface area (Å²) in [6.07, 6.45) is 2.31. The third-order valence-corrected chi connectivity index (χ3v) is 7.49. The monoisotopic (exact) mass is 506 g/mol. The van der Waals surface area contributed by atoms with E-state index in [1.54, 1.807) is 0 Å². The quantitative estimate of drug-likeness (QED) is 0.516. The number of amides is 2. The number of aryl methyl sites for hydroxylation is 2. The summed E-state index contributed by atoms with van der Waals surface area (Å²) < 4.78 is 0. The Morgan fingerprint density at radius 2 is 1.86 bits per heavy atom. The Morgan fingerprint density at radius 1 is 1.11 bits per heavy atom. The van der Waals surface area contributed by atoms with Crippen molar-refractivity contribution in [3.8, 4) is 0 Å². The number of anilines is 1. The summed E-state index contributed by atoms with van der Waals surface area (Å²) in [5, 5.41) is 9.50. The van der Waals surface area contributed by atoms with E-state index in [1.807, 2.05) is 73.5 Å². The summed E-state index contributed by atoms with van der Waals surface area (Å²) in [4.78, 5) is 33.2. The number of hydrogen-bond donors (Lipinski definition) is 2. The van der Waals surface area contributed by atoms with Crippen LogP contribution in [-0.4, -0.2) is 27.9 Å². The zero-order valence-corrected chi connectivity index (χ0v) is 21.5. The van der Waals surface area contributed by atoms with Crippen LogP contribution in [0.3, 0.4) is 0 Å². The summed E-state index contributed by atoms with van der Waals surface area (Å²) in [5.41, 5.74) is 5.83. The fourth-order valence-electron chi connectivity index (χ4n) is 4.43. The number of carbonyl (C=O) groups excluding carboxylic acids is 2. The minimum Gasteiger partial charge on any atom is -0.353 e. The summed E-state index contributed by atoms with van der Waals surface area (Å²) >= 11 is 7.66. The number of aliphatic imine (C=N–C) groups is 1. The van der Waals surface area contributed by atoms with Crippen molar-refractivity contribution in [1.82, 2.24) is 10.2 Å². The molecular formula is C27H27ClN4O2S. The Balaban J connectivity index is 1.51. The van der Waals surface area contributed by atoms with E-state index in [1.165, 1.54) is 11.8 Å². The minimum atomic E-state index is -0.430. The molecule has 2 N–H and O–H groups in total. The summed E-state index contributed by atoms with van der Waals surface area (Å²) in [6.45, 7) is 5.87. The van der Waals surface area contributed by atoms with Gasteiger partial charge >= 0.3 is 0 Å². The van der Waals surface area contributed by atoms with E-state index in [9.17, 15) is 9.59 Å². The second-order valence-corrected chi connectivity index (χ2v) is 10.5. The number of benzene rings is 2. The van der Waals surface area contributed by atoms with Gasteiger partial charge in [-0.05, 0) is 68.3 Å². The van der Waals surface area contributed by atoms with Crippen molar-refractivity contribution in [3.63, 3.8) is 0 Å². The highest BCUT2D eigenvalue weighted by Gasteiger charge is 2.40. The number of allylic oxidation sites excluding steroid dienone is 1. The van der Waals surface area contributed by atoms with E-state index in [-0.39, 0.29) is 18.2 Å². The van der Waals surface area contributed by atoms with Crippen molar-refractivity contribution in [3.05, 3.63) is 86.6 Å². The molecule has 0 saturated heterocycles. The highest BCUT2D eigenvalue weighted by Crippen LogP contribution is 2.45. The lowest BCUT2D eigenvalue weighted by atomic mass is 9.93. The number of nitrogens with one attached hydrogen (secondary N) is 2. The fraction of sp³-hybridized carbons (Fsp3) is 0.296. The van der Waals surface area contributed by atoms with Gasteiger partial charge in [0.25, 0.3) is 5.91 Å². The van der Waals surface area contributed by atoms with E-state index in [2.05, 4.69) is 10.6 Å². The molecular weight excluding hydrogens is 480 g/mol. The topological polar surface area (TPSA) is 73.8 Å². The molecule has 0 bridgehead atoms. The number of nitrogens with zero attached hydrogens (tertiary/aromatic N) is 2. The molecule has 2 heterocycles. The first-order valence-electron chi connectivity index (χ1n) is 11.7. The lowest BCUT2D eigenvalue weighted by molar-refractivity contribution is -0.120. The number of amidine groups is 1. The molecule has 0 spiro atoms. The third-order valence-electron chi connectivity index (χ3n) is 6.35. The second kappa shape index (κ2) is 9.55. The maximum absolute atomic E-state index is 13.7. The van der Waals surface area contributed by atoms with E-state index in [4.69, 9.17) is 16.6 Å². The highest BCUT2D eigenvalue weighted by atomic mass is 35.5. The minimum absolute atomic E-state index is 0.0111. The van der Waals surface area contributed by atoms with Gasteiger partial charge in [0.1, 0.15) is 0 Å². The highest BCUT2D eigenvalue weighted by molar-refractivity contribution is 8.16. The van der Waals surface area contributed by atoms with E-state index in [0.29, 0.717) is 22.3 Å². The van der Waals surface area contributed by atoms with Gasteiger partial charge in [0.2, 0.25) is 5.91 Å². The molecule has 8 heteroatoms. The van der Waals surface area contributed by atoms with Crippen LogP contribution in [0.25, 0.3) is 0 Å². The lowest BCUT2D eigenvalue weighted by Gasteiger charge is -2.36. The predicted octanol–water partition coefficient (Wildman–Crippen LogP) is 5.84. The van der Waals surface area contributed by atoms with Gasteiger partial charge in [-0.25, -0.2) is 4.99 Å². The Bertz CT molecular complexity index is 1290. The number of carbonyl (C=O) groups is 2. The van der Waals surface area contributed by atoms with Crippen LogP contribution in [0.5, 0.6) is 0 Å². The molecule has 2 aromatic carbocycles. The predicted molar refractivity (Wildman–Crippen MR) is 142 cm³/mol. The van der Waals surface area contributed by atoms with Gasteiger partial charge in [-0.2, -0.15) is 0 Å². The Hall–Kier alpha value is -3.03. The van der Waals surface area contributed by atoms with Crippen LogP contribution in [0.1, 0.15) is 48.9 Å². The van der Waals surface area contributed by atoms with Gasteiger partial charge in [-0.15, -0.1) is 0 Å². The smallest absolute Gasteiger partial charge is 0.255 e. The Morgan fingerprint density at radius 3 is 2.54 bits per heavy atom. The van der Waals surface area contributed by atoms with Crippen molar-refractivity contribution < 1.29 is 9.59 Å². The summed E-state index contributed by atoms with van der Waals surface area (Å²) in [5.74, 6) is -0.223. The average molecular weight is 507 g/mol. The van der Waals surface area contributed by atoms with Crippen LogP contribution in [0, 0.1) is 13.8 Å². The lowest BCUT2D eigenvalue weighted by Crippen LogP contribution is -2.39. The zero-order valence-electron chi connectivity index (χ0n) is 19.9. The molecule has 35 heavy (non-hydrogen) atoms. The first-order chi connectivity index (χ1) is 16.8. The van der Waals surface area contributed by atoms with Crippen LogP contribution in [0.15, 0.2) is 69.8 Å². The van der Waals surface area contributed by atoms with Crippen LogP contribution >= 0.6 is 23.4 Å². The first-order valence-corrected chi connectivity index (χ1v) is 12.9. The van der Waals surface area contributed by atoms with Crippen LogP contribution in [-0.2, 0) is 9.59 Å². The molecule has 3 aliphatic rings. The standard InChI is InChI=1S/C27H27ClN4O2S/c1-15-4-11-22(16(2)12-15)31-26(34)24-17(3)29-27-32(25(24)18-5-7-19(28)8-6-18)21(14-35-27)13-23(33)30-20-9-10-20/h4-8,11-12,14,20,25H,9-10,13H2,1-3H3,(H,30,33)(H,31,34). The number of halogens is 1. The van der Waals surface area contributed by atoms with Crippen LogP contribution in [0.2, 0.25) is 5.02 Å². The number of thioether (sulfide) groups is 1. The van der Waals surface area contributed by atoms with E-state index >= 15 is 0 Å². The molecule has 2 aromatic rings. The normalized spacial score (nSPS) is 19.2. The number of rotatable bonds is 6. The van der Waals surface area contributed by atoms with Gasteiger partial charge < -0.3 is 15.5 Å². The Kier molecular flexibility index (Phi) is 6.47. The molecule has 5 rings (SSSR count). The molecule has 180 valence electrons. The van der Waals surface area contributed by atoms with Gasteiger partial charge in [0, 0.05) is 22.4 Å². The van der Waals surface area contributed by atoms with Crippen molar-refractivity contribution in [2.24, 2.45) is 4.99 Å². The molecule has 1 saturated carbocycles. The van der Waals surface area contributed by atoms with Gasteiger partial charge in [-0.3, -0.25) is 9.59 Å². The van der Waals surface area contributed by atoms with Gasteiger partial charge in [-0.1, -0.05) is 53.2 Å². The average Bonchev–Trinajstić information content (AvgIpc) is 3.54. The second-order valence-electron chi connectivity index (χ2n) is 9.24. The molecule has 1 atom stereocenters. The maximum Gasteiger partial charge on any atom is 0.255 e. The molecule has 2 amide bonds. The zero-order chi connectivity index (χ0) is 24.7. The van der Waals surface area contributed by atoms with Crippen molar-refractivity contribution in [2.45, 2.75) is 52.1 Å². The third kappa shape index (κ3) is 5.02. The SMILES string of the molecule is CC1=C(C(=O)Nc2ccc(C)cc2C)C(c2ccc(Cl)cc2)N2C(CC(=O)NC3CC3)=CSC2=N1. The Labute approximate surface area is 214 Å². The number of fused-ring (bicyclic) bond motifs is 1. The molecule has 6 nitrogen and oxygen atoms in total. The van der Waals surface area contributed by atoms with Crippen LogP contribution in [0.4, 0.5) is 5.69 Å². The molecule has 2 aliphatic heterocycles. The van der Waals surface area contributed by atoms with Gasteiger partial charge in [0.15, 0.2) is 5.17 Å². The molecule has 1 aliphatic carbocycles. The van der Waals surface area contributed by atoms with E-state index < -0.39 is 6.04 Å².